The average Bonchev–Trinajstić information content (AvgIpc) is 3.65. The number of esters is 1. The number of carbonyl (C=O) groups is 3. The van der Waals surface area contributed by atoms with Gasteiger partial charge in [-0.1, -0.05) is 0 Å². The summed E-state index contributed by atoms with van der Waals surface area (Å²) in [4.78, 5) is 47.0. The van der Waals surface area contributed by atoms with Crippen LogP contribution in [0.15, 0.2) is 36.4 Å². The second kappa shape index (κ2) is 12.2. The second-order valence-electron chi connectivity index (χ2n) is 9.50. The number of amides is 1. The summed E-state index contributed by atoms with van der Waals surface area (Å²) in [7, 11) is 4.41. The van der Waals surface area contributed by atoms with E-state index < -0.39 is 29.5 Å². The number of hydrogen-bond donors (Lipinski definition) is 3. The first-order valence-electron chi connectivity index (χ1n) is 13.1. The Hall–Kier alpha value is -4.74. The number of methoxy groups -OCH3 is 3. The first kappa shape index (κ1) is 29.2. The van der Waals surface area contributed by atoms with Gasteiger partial charge in [0.2, 0.25) is 12.1 Å². The Morgan fingerprint density at radius 1 is 1.10 bits per heavy atom. The second-order valence-corrected chi connectivity index (χ2v) is 9.50. The van der Waals surface area contributed by atoms with Gasteiger partial charge in [-0.3, -0.25) is 14.6 Å². The number of Topliss-reactive ketones (excluding diaryl/α,β-unsaturated/α-hetero) is 1. The SMILES string of the molecule is CCOC(=O)c1[nH]c(C)c(/C(O)=C2\C(=O)C(=O)N(CCC[n+]3cc[nH]c3)C2c2cc(OC)c(OC)c(OC)c2)c1C. The highest BCUT2D eigenvalue weighted by molar-refractivity contribution is 6.46. The van der Waals surface area contributed by atoms with E-state index in [9.17, 15) is 19.5 Å². The lowest BCUT2D eigenvalue weighted by Crippen LogP contribution is -2.36. The van der Waals surface area contributed by atoms with Gasteiger partial charge < -0.3 is 33.9 Å². The minimum absolute atomic E-state index is 0.112. The molecule has 1 atom stereocenters. The molecule has 12 heteroatoms. The topological polar surface area (TPSA) is 147 Å². The van der Waals surface area contributed by atoms with Gasteiger partial charge in [0.05, 0.1) is 46.1 Å². The number of aliphatic hydroxyl groups excluding tert-OH is 1. The molecular formula is C29H35N4O8+. The van der Waals surface area contributed by atoms with Crippen molar-refractivity contribution < 1.29 is 43.0 Å². The minimum Gasteiger partial charge on any atom is -0.507 e. The first-order valence-corrected chi connectivity index (χ1v) is 13.1. The van der Waals surface area contributed by atoms with Crippen molar-refractivity contribution in [2.75, 3.05) is 34.5 Å². The number of likely N-dealkylation sites (tertiary alicyclic amines) is 1. The van der Waals surface area contributed by atoms with Gasteiger partial charge in [0.15, 0.2) is 11.5 Å². The van der Waals surface area contributed by atoms with Crippen LogP contribution in [0.1, 0.15) is 52.3 Å². The van der Waals surface area contributed by atoms with Crippen LogP contribution in [-0.4, -0.2) is 72.1 Å². The fourth-order valence-electron chi connectivity index (χ4n) is 5.25. The molecule has 0 spiro atoms. The molecule has 218 valence electrons. The quantitative estimate of drug-likeness (QED) is 0.105. The highest BCUT2D eigenvalue weighted by Crippen LogP contribution is 2.46. The number of aromatic amines is 2. The summed E-state index contributed by atoms with van der Waals surface area (Å²) in [5.74, 6) is -1.57. The third-order valence-corrected chi connectivity index (χ3v) is 7.11. The van der Waals surface area contributed by atoms with Gasteiger partial charge in [0.25, 0.3) is 11.7 Å². The van der Waals surface area contributed by atoms with Gasteiger partial charge >= 0.3 is 5.97 Å². The van der Waals surface area contributed by atoms with Crippen molar-refractivity contribution in [3.63, 3.8) is 0 Å². The third-order valence-electron chi connectivity index (χ3n) is 7.11. The third kappa shape index (κ3) is 5.37. The number of ketones is 1. The van der Waals surface area contributed by atoms with Crippen LogP contribution in [0.3, 0.4) is 0 Å². The van der Waals surface area contributed by atoms with E-state index in [4.69, 9.17) is 18.9 Å². The molecule has 2 aromatic heterocycles. The number of aliphatic hydroxyl groups is 1. The van der Waals surface area contributed by atoms with Crippen LogP contribution in [0.4, 0.5) is 0 Å². The van der Waals surface area contributed by atoms with E-state index in [0.717, 1.165) is 0 Å². The average molecular weight is 568 g/mol. The zero-order chi connectivity index (χ0) is 29.8. The summed E-state index contributed by atoms with van der Waals surface area (Å²) in [6.45, 7) is 5.99. The van der Waals surface area contributed by atoms with Crippen LogP contribution < -0.4 is 18.8 Å². The monoisotopic (exact) mass is 567 g/mol. The fourth-order valence-corrected chi connectivity index (χ4v) is 5.25. The Morgan fingerprint density at radius 3 is 2.34 bits per heavy atom. The van der Waals surface area contributed by atoms with Crippen LogP contribution >= 0.6 is 0 Å². The normalized spacial score (nSPS) is 16.2. The molecule has 1 fully saturated rings. The highest BCUT2D eigenvalue weighted by Gasteiger charge is 2.47. The molecule has 1 aliphatic heterocycles. The fraction of sp³-hybridized carbons (Fsp3) is 0.379. The Labute approximate surface area is 237 Å². The van der Waals surface area contributed by atoms with E-state index >= 15 is 0 Å². The van der Waals surface area contributed by atoms with Crippen LogP contribution in [0.5, 0.6) is 17.2 Å². The Bertz CT molecular complexity index is 1460. The summed E-state index contributed by atoms with van der Waals surface area (Å²) >= 11 is 0. The molecule has 0 bridgehead atoms. The number of nitrogens with zero attached hydrogens (tertiary/aromatic N) is 2. The van der Waals surface area contributed by atoms with Crippen molar-refractivity contribution in [3.8, 4) is 17.2 Å². The molecule has 1 saturated heterocycles. The molecule has 3 heterocycles. The number of nitrogens with one attached hydrogen (secondary N) is 2. The van der Waals surface area contributed by atoms with Gasteiger partial charge in [-0.05, 0) is 44.0 Å². The van der Waals surface area contributed by atoms with E-state index in [-0.39, 0.29) is 30.0 Å². The number of benzene rings is 1. The lowest BCUT2D eigenvalue weighted by molar-refractivity contribution is -0.695. The van der Waals surface area contributed by atoms with Crippen molar-refractivity contribution >= 4 is 23.4 Å². The lowest BCUT2D eigenvalue weighted by Gasteiger charge is -2.26. The number of H-pyrrole nitrogens is 2. The van der Waals surface area contributed by atoms with Crippen LogP contribution in [-0.2, 0) is 20.9 Å². The molecule has 3 aromatic rings. The van der Waals surface area contributed by atoms with Gasteiger partial charge in [0, 0.05) is 24.2 Å². The summed E-state index contributed by atoms with van der Waals surface area (Å²) < 4.78 is 23.6. The van der Waals surface area contributed by atoms with Crippen molar-refractivity contribution in [2.24, 2.45) is 0 Å². The zero-order valence-electron chi connectivity index (χ0n) is 24.0. The van der Waals surface area contributed by atoms with Crippen LogP contribution in [0, 0.1) is 13.8 Å². The van der Waals surface area contributed by atoms with Crippen LogP contribution in [0.25, 0.3) is 5.76 Å². The molecule has 41 heavy (non-hydrogen) atoms. The van der Waals surface area contributed by atoms with Gasteiger partial charge in [0.1, 0.15) is 23.8 Å². The molecule has 1 aliphatic rings. The van der Waals surface area contributed by atoms with Crippen LogP contribution in [0.2, 0.25) is 0 Å². The molecule has 1 unspecified atom stereocenters. The standard InChI is InChI=1S/C29H34N4O8/c1-7-41-29(37)23-16(2)21(17(3)31-23)25(34)22-24(18-13-19(38-4)27(40-6)20(14-18)39-5)33(28(36)26(22)35)11-8-10-32-12-9-30-15-32/h9,12-15,24H,7-8,10-11H2,1-6H3,(H2,31,34,35,37)/p+1. The molecule has 1 amide bonds. The molecule has 0 radical (unpaired) electrons. The summed E-state index contributed by atoms with van der Waals surface area (Å²) in [5, 5.41) is 11.7. The number of imidazole rings is 1. The summed E-state index contributed by atoms with van der Waals surface area (Å²) in [6.07, 6.45) is 5.98. The molecule has 4 rings (SSSR count). The maximum atomic E-state index is 13.6. The number of aryl methyl sites for hydroxylation is 2. The molecule has 3 N–H and O–H groups in total. The van der Waals surface area contributed by atoms with E-state index in [1.807, 2.05) is 10.8 Å². The number of ether oxygens (including phenoxy) is 4. The molecular weight excluding hydrogens is 532 g/mol. The van der Waals surface area contributed by atoms with Crippen molar-refractivity contribution in [1.29, 1.82) is 0 Å². The predicted molar refractivity (Wildman–Crippen MR) is 147 cm³/mol. The van der Waals surface area contributed by atoms with E-state index in [0.29, 0.717) is 47.0 Å². The van der Waals surface area contributed by atoms with E-state index in [1.165, 1.54) is 26.2 Å². The molecule has 12 nitrogen and oxygen atoms in total. The number of aromatic nitrogens is 3. The number of rotatable bonds is 11. The largest absolute Gasteiger partial charge is 0.507 e. The lowest BCUT2D eigenvalue weighted by atomic mass is 9.93. The van der Waals surface area contributed by atoms with E-state index in [1.54, 1.807) is 45.4 Å². The summed E-state index contributed by atoms with van der Waals surface area (Å²) in [6, 6.07) is 2.33. The smallest absolute Gasteiger partial charge is 0.355 e. The Kier molecular flexibility index (Phi) is 8.70. The van der Waals surface area contributed by atoms with Gasteiger partial charge in [-0.15, -0.1) is 0 Å². The number of carbonyl (C=O) groups excluding carboxylic acids is 3. The van der Waals surface area contributed by atoms with Gasteiger partial charge in [-0.2, -0.15) is 0 Å². The summed E-state index contributed by atoms with van der Waals surface area (Å²) in [5.41, 5.74) is 1.63. The number of hydrogen-bond acceptors (Lipinski definition) is 8. The van der Waals surface area contributed by atoms with E-state index in [2.05, 4.69) is 9.97 Å². The molecule has 1 aromatic carbocycles. The van der Waals surface area contributed by atoms with Crippen molar-refractivity contribution in [2.45, 2.75) is 39.8 Å². The Balaban J connectivity index is 1.89. The Morgan fingerprint density at radius 2 is 1.78 bits per heavy atom. The maximum absolute atomic E-state index is 13.6. The maximum Gasteiger partial charge on any atom is 0.355 e. The van der Waals surface area contributed by atoms with Gasteiger partial charge in [-0.25, -0.2) is 9.36 Å². The van der Waals surface area contributed by atoms with Crippen molar-refractivity contribution in [3.05, 3.63) is 64.5 Å². The highest BCUT2D eigenvalue weighted by atomic mass is 16.5. The molecule has 0 aliphatic carbocycles. The predicted octanol–water partition coefficient (Wildman–Crippen LogP) is 2.96. The zero-order valence-corrected chi connectivity index (χ0v) is 24.0. The minimum atomic E-state index is -0.973. The molecule has 0 saturated carbocycles. The first-order chi connectivity index (χ1) is 19.7. The van der Waals surface area contributed by atoms with Crippen molar-refractivity contribution in [1.82, 2.24) is 14.9 Å².